The van der Waals surface area contributed by atoms with Crippen LogP contribution in [0.3, 0.4) is 0 Å². The molecule has 1 atom stereocenters. The number of amides is 1. The molecule has 0 bridgehead atoms. The molecular formula is C25H21BrN3O4+. The third kappa shape index (κ3) is 3.98. The number of aryl methyl sites for hydroxylation is 1. The summed E-state index contributed by atoms with van der Waals surface area (Å²) >= 11 is 3.43. The van der Waals surface area contributed by atoms with Crippen LogP contribution in [0.5, 0.6) is 0 Å². The molecule has 1 unspecified atom stereocenters. The highest BCUT2D eigenvalue weighted by molar-refractivity contribution is 9.10. The van der Waals surface area contributed by atoms with E-state index in [2.05, 4.69) is 20.9 Å². The van der Waals surface area contributed by atoms with Crippen molar-refractivity contribution in [2.45, 2.75) is 19.0 Å². The van der Waals surface area contributed by atoms with Crippen molar-refractivity contribution in [3.05, 3.63) is 100 Å². The summed E-state index contributed by atoms with van der Waals surface area (Å²) in [5.41, 5.74) is 1.35. The molecule has 2 N–H and O–H groups in total. The number of hydrogen-bond donors (Lipinski definition) is 2. The number of fused-ring (bicyclic) bond motifs is 1. The van der Waals surface area contributed by atoms with Crippen LogP contribution >= 0.6 is 15.9 Å². The monoisotopic (exact) mass is 506 g/mol. The fourth-order valence-corrected chi connectivity index (χ4v) is 4.48. The molecule has 7 nitrogen and oxygen atoms in total. The number of Topliss-reactive ketones (excluding diaryl/α,β-unsaturated/α-hetero) is 1. The number of imidazole rings is 1. The van der Waals surface area contributed by atoms with Gasteiger partial charge in [-0.2, -0.15) is 0 Å². The first-order valence-corrected chi connectivity index (χ1v) is 11.4. The maximum absolute atomic E-state index is 13.5. The first-order valence-electron chi connectivity index (χ1n) is 10.6. The molecule has 2 aromatic heterocycles. The van der Waals surface area contributed by atoms with E-state index in [4.69, 9.17) is 4.42 Å². The number of halogens is 1. The second-order valence-corrected chi connectivity index (χ2v) is 8.81. The standard InChI is InChI=1S/C25H20BrN3O4/c26-18-8-6-16(7-9-18)22-21(23(30)20-14-17-4-1-2-5-19(17)33-20)24(31)25(32)29(22)12-3-11-28-13-10-27-15-28/h1-2,4-10,13-15,22H,3,11-12H2,(H,30,31)/p+1. The number of carbonyl (C=O) groups excluding carboxylic acids is 2. The Morgan fingerprint density at radius 3 is 2.70 bits per heavy atom. The summed E-state index contributed by atoms with van der Waals surface area (Å²) in [6.45, 7) is 1.06. The molecule has 8 heteroatoms. The Bertz CT molecular complexity index is 1320. The van der Waals surface area contributed by atoms with Gasteiger partial charge in [-0.25, -0.2) is 4.57 Å². The number of furan rings is 1. The molecule has 0 saturated carbocycles. The van der Waals surface area contributed by atoms with Gasteiger partial charge in [0.2, 0.25) is 12.1 Å². The van der Waals surface area contributed by atoms with Crippen LogP contribution in [0.15, 0.2) is 93.5 Å². The summed E-state index contributed by atoms with van der Waals surface area (Å²) < 4.78 is 8.61. The number of rotatable bonds is 7. The number of aliphatic hydroxyl groups is 1. The number of aromatic nitrogens is 2. The van der Waals surface area contributed by atoms with E-state index < -0.39 is 23.5 Å². The van der Waals surface area contributed by atoms with Crippen LogP contribution in [0, 0.1) is 0 Å². The SMILES string of the molecule is O=C(C1=C(O)C(=O)N(CCC[n+]2cc[nH]c2)C1c1ccc(Br)cc1)c1cc2ccccc2o1. The fourth-order valence-electron chi connectivity index (χ4n) is 4.22. The molecule has 1 aliphatic rings. The Hall–Kier alpha value is -3.65. The van der Waals surface area contributed by atoms with Crippen molar-refractivity contribution in [3.63, 3.8) is 0 Å². The third-order valence-electron chi connectivity index (χ3n) is 5.80. The lowest BCUT2D eigenvalue weighted by Crippen LogP contribution is -2.36. The number of nitrogens with one attached hydrogen (secondary N) is 1. The number of H-pyrrole nitrogens is 1. The Kier molecular flexibility index (Phi) is 5.60. The summed E-state index contributed by atoms with van der Waals surface area (Å²) in [7, 11) is 0. The van der Waals surface area contributed by atoms with Crippen LogP contribution in [-0.4, -0.2) is 33.2 Å². The van der Waals surface area contributed by atoms with Crippen molar-refractivity contribution in [2.75, 3.05) is 6.54 Å². The van der Waals surface area contributed by atoms with Gasteiger partial charge in [0, 0.05) is 22.8 Å². The van der Waals surface area contributed by atoms with Gasteiger partial charge in [0.25, 0.3) is 5.91 Å². The average molecular weight is 507 g/mol. The summed E-state index contributed by atoms with van der Waals surface area (Å²) in [5.74, 6) is -1.48. The van der Waals surface area contributed by atoms with Crippen molar-refractivity contribution in [3.8, 4) is 0 Å². The summed E-state index contributed by atoms with van der Waals surface area (Å²) in [4.78, 5) is 31.1. The highest BCUT2D eigenvalue weighted by Crippen LogP contribution is 2.40. The predicted octanol–water partition coefficient (Wildman–Crippen LogP) is 4.48. The molecule has 33 heavy (non-hydrogen) atoms. The highest BCUT2D eigenvalue weighted by atomic mass is 79.9. The highest BCUT2D eigenvalue weighted by Gasteiger charge is 2.44. The lowest BCUT2D eigenvalue weighted by atomic mass is 9.95. The Labute approximate surface area is 198 Å². The molecule has 0 radical (unpaired) electrons. The van der Waals surface area contributed by atoms with E-state index >= 15 is 0 Å². The van der Waals surface area contributed by atoms with Crippen LogP contribution in [0.4, 0.5) is 0 Å². The first kappa shape index (κ1) is 21.2. The van der Waals surface area contributed by atoms with Crippen molar-refractivity contribution in [1.29, 1.82) is 0 Å². The van der Waals surface area contributed by atoms with Gasteiger partial charge in [0.05, 0.1) is 18.2 Å². The van der Waals surface area contributed by atoms with E-state index in [-0.39, 0.29) is 11.3 Å². The van der Waals surface area contributed by atoms with Crippen LogP contribution in [-0.2, 0) is 11.3 Å². The van der Waals surface area contributed by atoms with Gasteiger partial charge in [-0.05, 0) is 29.8 Å². The molecule has 5 rings (SSSR count). The Balaban J connectivity index is 1.50. The van der Waals surface area contributed by atoms with E-state index in [9.17, 15) is 14.7 Å². The van der Waals surface area contributed by atoms with E-state index in [0.29, 0.717) is 25.1 Å². The minimum absolute atomic E-state index is 0.0377. The van der Waals surface area contributed by atoms with Crippen molar-refractivity contribution in [1.82, 2.24) is 9.88 Å². The molecule has 1 aliphatic heterocycles. The van der Waals surface area contributed by atoms with Crippen LogP contribution < -0.4 is 4.57 Å². The zero-order valence-electron chi connectivity index (χ0n) is 17.6. The normalized spacial score (nSPS) is 16.2. The molecule has 2 aromatic carbocycles. The van der Waals surface area contributed by atoms with E-state index in [1.54, 1.807) is 17.0 Å². The summed E-state index contributed by atoms with van der Waals surface area (Å²) in [6.07, 6.45) is 6.22. The molecule has 1 amide bonds. The Morgan fingerprint density at radius 1 is 1.18 bits per heavy atom. The lowest BCUT2D eigenvalue weighted by Gasteiger charge is -2.26. The molecule has 0 spiro atoms. The van der Waals surface area contributed by atoms with Crippen LogP contribution in [0.1, 0.15) is 28.6 Å². The molecule has 166 valence electrons. The lowest BCUT2D eigenvalue weighted by molar-refractivity contribution is -0.695. The minimum atomic E-state index is -0.706. The largest absolute Gasteiger partial charge is 0.503 e. The van der Waals surface area contributed by atoms with Gasteiger partial charge in [-0.3, -0.25) is 14.6 Å². The molecule has 3 heterocycles. The maximum atomic E-state index is 13.5. The van der Waals surface area contributed by atoms with Gasteiger partial charge in [0.15, 0.2) is 11.5 Å². The van der Waals surface area contributed by atoms with Crippen molar-refractivity contribution < 1.29 is 23.7 Å². The molecule has 0 saturated heterocycles. The van der Waals surface area contributed by atoms with E-state index in [1.165, 1.54) is 0 Å². The van der Waals surface area contributed by atoms with E-state index in [1.807, 2.05) is 65.8 Å². The van der Waals surface area contributed by atoms with Crippen LogP contribution in [0.25, 0.3) is 11.0 Å². The number of para-hydroxylation sites is 1. The third-order valence-corrected chi connectivity index (χ3v) is 6.33. The first-order chi connectivity index (χ1) is 16.0. The number of hydrogen-bond acceptors (Lipinski definition) is 4. The van der Waals surface area contributed by atoms with Crippen molar-refractivity contribution in [2.24, 2.45) is 0 Å². The number of nitrogens with zero attached hydrogens (tertiary/aromatic N) is 2. The maximum Gasteiger partial charge on any atom is 0.290 e. The number of aliphatic hydroxyl groups excluding tert-OH is 1. The topological polar surface area (TPSA) is 90.4 Å². The smallest absolute Gasteiger partial charge is 0.290 e. The number of benzene rings is 2. The van der Waals surface area contributed by atoms with Crippen molar-refractivity contribution >= 4 is 38.6 Å². The second-order valence-electron chi connectivity index (χ2n) is 7.90. The summed E-state index contributed by atoms with van der Waals surface area (Å²) in [6, 6.07) is 15.6. The molecular weight excluding hydrogens is 486 g/mol. The van der Waals surface area contributed by atoms with Crippen LogP contribution in [0.2, 0.25) is 0 Å². The fraction of sp³-hybridized carbons (Fsp3) is 0.160. The number of aromatic amines is 1. The van der Waals surface area contributed by atoms with E-state index in [0.717, 1.165) is 15.4 Å². The predicted molar refractivity (Wildman–Crippen MR) is 124 cm³/mol. The number of carbonyl (C=O) groups is 2. The number of ketones is 1. The second kappa shape index (κ2) is 8.71. The summed E-state index contributed by atoms with van der Waals surface area (Å²) in [5, 5.41) is 11.6. The van der Waals surface area contributed by atoms with Gasteiger partial charge in [0.1, 0.15) is 18.0 Å². The molecule has 0 fully saturated rings. The quantitative estimate of drug-likeness (QED) is 0.285. The van der Waals surface area contributed by atoms with Gasteiger partial charge in [-0.1, -0.05) is 46.3 Å². The van der Waals surface area contributed by atoms with Gasteiger partial charge >= 0.3 is 0 Å². The minimum Gasteiger partial charge on any atom is -0.503 e. The van der Waals surface area contributed by atoms with Gasteiger partial charge < -0.3 is 14.4 Å². The Morgan fingerprint density at radius 2 is 1.97 bits per heavy atom. The van der Waals surface area contributed by atoms with Gasteiger partial charge in [-0.15, -0.1) is 0 Å². The molecule has 0 aliphatic carbocycles. The molecule has 4 aromatic rings. The average Bonchev–Trinajstić information content (AvgIpc) is 3.54. The zero-order chi connectivity index (χ0) is 22.9. The zero-order valence-corrected chi connectivity index (χ0v) is 19.2.